The first-order valence-corrected chi connectivity index (χ1v) is 5.25. The third-order valence-electron chi connectivity index (χ3n) is 2.18. The van der Waals surface area contributed by atoms with Gasteiger partial charge in [-0.05, 0) is 24.3 Å². The molecule has 0 saturated heterocycles. The molecule has 5 heteroatoms. The van der Waals surface area contributed by atoms with Gasteiger partial charge in [-0.2, -0.15) is 0 Å². The van der Waals surface area contributed by atoms with Crippen LogP contribution in [0.4, 0.5) is 0 Å². The van der Waals surface area contributed by atoms with E-state index in [-0.39, 0.29) is 5.69 Å². The Balaban J connectivity index is 2.50. The fourth-order valence-corrected chi connectivity index (χ4v) is 1.58. The number of halogens is 1. The molecule has 0 fully saturated rings. The van der Waals surface area contributed by atoms with Crippen molar-refractivity contribution in [3.05, 3.63) is 47.4 Å². The first-order chi connectivity index (χ1) is 8.22. The first-order valence-electron chi connectivity index (χ1n) is 4.87. The van der Waals surface area contributed by atoms with E-state index < -0.39 is 5.97 Å². The van der Waals surface area contributed by atoms with Gasteiger partial charge in [0.25, 0.3) is 0 Å². The second-order valence-corrected chi connectivity index (χ2v) is 3.67. The molecule has 0 aliphatic rings. The van der Waals surface area contributed by atoms with Gasteiger partial charge in [-0.15, -0.1) is 0 Å². The van der Waals surface area contributed by atoms with Gasteiger partial charge in [0.05, 0.1) is 17.8 Å². The van der Waals surface area contributed by atoms with E-state index in [4.69, 9.17) is 11.6 Å². The molecule has 0 atom stereocenters. The molecule has 0 aliphatic heterocycles. The highest BCUT2D eigenvalue weighted by molar-refractivity contribution is 6.33. The molecule has 2 heterocycles. The Hall–Kier alpha value is -1.94. The van der Waals surface area contributed by atoms with Crippen molar-refractivity contribution in [2.75, 3.05) is 7.11 Å². The smallest absolute Gasteiger partial charge is 0.356 e. The van der Waals surface area contributed by atoms with Crippen LogP contribution in [0.5, 0.6) is 0 Å². The average Bonchev–Trinajstić information content (AvgIpc) is 2.39. The summed E-state index contributed by atoms with van der Waals surface area (Å²) in [4.78, 5) is 19.5. The van der Waals surface area contributed by atoms with Gasteiger partial charge in [0, 0.05) is 18.0 Å². The second-order valence-electron chi connectivity index (χ2n) is 3.26. The maximum atomic E-state index is 11.4. The number of carbonyl (C=O) groups is 1. The third kappa shape index (κ3) is 2.42. The van der Waals surface area contributed by atoms with Gasteiger partial charge in [0.15, 0.2) is 0 Å². The number of hydrogen-bond acceptors (Lipinski definition) is 4. The van der Waals surface area contributed by atoms with Crippen LogP contribution in [0.2, 0.25) is 5.02 Å². The van der Waals surface area contributed by atoms with Gasteiger partial charge in [0.1, 0.15) is 5.69 Å². The maximum absolute atomic E-state index is 11.4. The van der Waals surface area contributed by atoms with E-state index in [1.54, 1.807) is 24.5 Å². The number of ether oxygens (including phenoxy) is 1. The fourth-order valence-electron chi connectivity index (χ4n) is 1.37. The highest BCUT2D eigenvalue weighted by Crippen LogP contribution is 2.25. The summed E-state index contributed by atoms with van der Waals surface area (Å²) in [7, 11) is 1.31. The van der Waals surface area contributed by atoms with E-state index in [0.29, 0.717) is 10.7 Å². The van der Waals surface area contributed by atoms with Crippen LogP contribution in [0, 0.1) is 0 Å². The summed E-state index contributed by atoms with van der Waals surface area (Å²) in [6.45, 7) is 0. The number of aromatic nitrogens is 2. The first kappa shape index (κ1) is 11.5. The molecule has 0 radical (unpaired) electrons. The molecule has 0 aromatic carbocycles. The van der Waals surface area contributed by atoms with Crippen LogP contribution in [0.15, 0.2) is 36.7 Å². The minimum absolute atomic E-state index is 0.218. The lowest BCUT2D eigenvalue weighted by Gasteiger charge is -2.05. The monoisotopic (exact) mass is 248 g/mol. The lowest BCUT2D eigenvalue weighted by molar-refractivity contribution is 0.0594. The number of pyridine rings is 2. The van der Waals surface area contributed by atoms with E-state index in [1.807, 2.05) is 6.07 Å². The number of nitrogens with zero attached hydrogens (tertiary/aromatic N) is 2. The standard InChI is InChI=1S/C12H9ClN2O2/c1-17-12(16)10-5-4-9(13)11(15-10)8-3-2-6-14-7-8/h2-7H,1H3. The summed E-state index contributed by atoms with van der Waals surface area (Å²) < 4.78 is 4.61. The average molecular weight is 249 g/mol. The highest BCUT2D eigenvalue weighted by Gasteiger charge is 2.12. The van der Waals surface area contributed by atoms with Gasteiger partial charge in [-0.25, -0.2) is 9.78 Å². The molecular weight excluding hydrogens is 240 g/mol. The number of rotatable bonds is 2. The summed E-state index contributed by atoms with van der Waals surface area (Å²) >= 11 is 6.04. The molecule has 0 bridgehead atoms. The van der Waals surface area contributed by atoms with Crippen molar-refractivity contribution >= 4 is 17.6 Å². The molecular formula is C12H9ClN2O2. The number of hydrogen-bond donors (Lipinski definition) is 0. The molecule has 2 aromatic rings. The lowest BCUT2D eigenvalue weighted by atomic mass is 10.2. The summed E-state index contributed by atoms with van der Waals surface area (Å²) in [6.07, 6.45) is 3.29. The van der Waals surface area contributed by atoms with E-state index in [1.165, 1.54) is 13.2 Å². The van der Waals surface area contributed by atoms with Crippen molar-refractivity contribution in [2.24, 2.45) is 0 Å². The van der Waals surface area contributed by atoms with E-state index in [0.717, 1.165) is 5.56 Å². The predicted molar refractivity (Wildman–Crippen MR) is 63.8 cm³/mol. The van der Waals surface area contributed by atoms with E-state index >= 15 is 0 Å². The van der Waals surface area contributed by atoms with Crippen molar-refractivity contribution in [3.63, 3.8) is 0 Å². The van der Waals surface area contributed by atoms with Gasteiger partial charge in [-0.1, -0.05) is 11.6 Å². The zero-order valence-corrected chi connectivity index (χ0v) is 9.81. The van der Waals surface area contributed by atoms with Gasteiger partial charge >= 0.3 is 5.97 Å². The van der Waals surface area contributed by atoms with Crippen molar-refractivity contribution < 1.29 is 9.53 Å². The molecule has 0 N–H and O–H groups in total. The number of methoxy groups -OCH3 is 1. The molecule has 0 aliphatic carbocycles. The minimum Gasteiger partial charge on any atom is -0.464 e. The molecule has 0 unspecified atom stereocenters. The van der Waals surface area contributed by atoms with Crippen molar-refractivity contribution in [1.29, 1.82) is 0 Å². The minimum atomic E-state index is -0.494. The van der Waals surface area contributed by atoms with Gasteiger partial charge in [0.2, 0.25) is 0 Å². The largest absolute Gasteiger partial charge is 0.464 e. The van der Waals surface area contributed by atoms with Crippen LogP contribution in [0.1, 0.15) is 10.5 Å². The Labute approximate surface area is 103 Å². The van der Waals surface area contributed by atoms with Gasteiger partial charge < -0.3 is 4.74 Å². The fraction of sp³-hybridized carbons (Fsp3) is 0.0833. The number of esters is 1. The highest BCUT2D eigenvalue weighted by atomic mass is 35.5. The topological polar surface area (TPSA) is 52.1 Å². The number of carbonyl (C=O) groups excluding carboxylic acids is 1. The Kier molecular flexibility index (Phi) is 3.35. The summed E-state index contributed by atoms with van der Waals surface area (Å²) in [5.74, 6) is -0.494. The third-order valence-corrected chi connectivity index (χ3v) is 2.48. The molecule has 17 heavy (non-hydrogen) atoms. The summed E-state index contributed by atoms with van der Waals surface area (Å²) in [5, 5.41) is 0.464. The molecule has 0 amide bonds. The quantitative estimate of drug-likeness (QED) is 0.767. The maximum Gasteiger partial charge on any atom is 0.356 e. The van der Waals surface area contributed by atoms with Crippen LogP contribution in [0.25, 0.3) is 11.3 Å². The van der Waals surface area contributed by atoms with Crippen LogP contribution in [-0.4, -0.2) is 23.0 Å². The molecule has 86 valence electrons. The van der Waals surface area contributed by atoms with Crippen molar-refractivity contribution in [2.45, 2.75) is 0 Å². The van der Waals surface area contributed by atoms with Crippen LogP contribution in [-0.2, 0) is 4.74 Å². The summed E-state index contributed by atoms with van der Waals surface area (Å²) in [5.41, 5.74) is 1.49. The second kappa shape index (κ2) is 4.93. The van der Waals surface area contributed by atoms with Crippen molar-refractivity contribution in [1.82, 2.24) is 9.97 Å². The molecule has 4 nitrogen and oxygen atoms in total. The Morgan fingerprint density at radius 2 is 2.18 bits per heavy atom. The normalized spacial score (nSPS) is 10.0. The van der Waals surface area contributed by atoms with Crippen LogP contribution in [0.3, 0.4) is 0 Å². The summed E-state index contributed by atoms with van der Waals surface area (Å²) in [6, 6.07) is 6.73. The van der Waals surface area contributed by atoms with Crippen LogP contribution >= 0.6 is 11.6 Å². The lowest BCUT2D eigenvalue weighted by Crippen LogP contribution is -2.04. The zero-order chi connectivity index (χ0) is 12.3. The molecule has 2 rings (SSSR count). The van der Waals surface area contributed by atoms with Gasteiger partial charge in [-0.3, -0.25) is 4.98 Å². The molecule has 0 spiro atoms. The zero-order valence-electron chi connectivity index (χ0n) is 9.05. The Bertz CT molecular complexity index is 543. The van der Waals surface area contributed by atoms with E-state index in [2.05, 4.69) is 14.7 Å². The Morgan fingerprint density at radius 1 is 1.35 bits per heavy atom. The van der Waals surface area contributed by atoms with Crippen LogP contribution < -0.4 is 0 Å². The van der Waals surface area contributed by atoms with Crippen molar-refractivity contribution in [3.8, 4) is 11.3 Å². The molecule has 0 saturated carbocycles. The predicted octanol–water partition coefficient (Wildman–Crippen LogP) is 2.58. The van der Waals surface area contributed by atoms with E-state index in [9.17, 15) is 4.79 Å². The molecule has 2 aromatic heterocycles. The SMILES string of the molecule is COC(=O)c1ccc(Cl)c(-c2cccnc2)n1. The Morgan fingerprint density at radius 3 is 2.82 bits per heavy atom.